The van der Waals surface area contributed by atoms with Crippen LogP contribution in [0.5, 0.6) is 0 Å². The minimum Gasteiger partial charge on any atom is -0.462 e. The number of carbonyl (C=O) groups is 4. The zero-order chi connectivity index (χ0) is 63.2. The van der Waals surface area contributed by atoms with E-state index in [1.807, 2.05) is 0 Å². The largest absolute Gasteiger partial charge is 0.472 e. The van der Waals surface area contributed by atoms with Crippen LogP contribution in [0.2, 0.25) is 0 Å². The zero-order valence-corrected chi connectivity index (χ0v) is 57.0. The Labute approximate surface area is 517 Å². The molecule has 0 radical (unpaired) electrons. The molecule has 0 aromatic carbocycles. The van der Waals surface area contributed by atoms with Crippen molar-refractivity contribution >= 4 is 39.5 Å². The van der Waals surface area contributed by atoms with E-state index < -0.39 is 97.5 Å². The lowest BCUT2D eigenvalue weighted by atomic mass is 10.00. The van der Waals surface area contributed by atoms with Gasteiger partial charge < -0.3 is 33.8 Å². The Kier molecular flexibility index (Phi) is 54.8. The summed E-state index contributed by atoms with van der Waals surface area (Å²) in [6.45, 7) is 13.9. The summed E-state index contributed by atoms with van der Waals surface area (Å²) in [5, 5.41) is 10.5. The van der Waals surface area contributed by atoms with E-state index in [-0.39, 0.29) is 25.7 Å². The number of phosphoric acid groups is 2. The van der Waals surface area contributed by atoms with Crippen molar-refractivity contribution < 1.29 is 80.2 Å². The second-order valence-electron chi connectivity index (χ2n) is 25.5. The molecule has 0 spiro atoms. The molecule has 0 aromatic heterocycles. The van der Waals surface area contributed by atoms with Gasteiger partial charge in [0.1, 0.15) is 19.3 Å². The molecule has 0 aliphatic carbocycles. The predicted octanol–water partition coefficient (Wildman–Crippen LogP) is 18.1. The highest BCUT2D eigenvalue weighted by Crippen LogP contribution is 2.45. The Morgan fingerprint density at radius 3 is 0.835 bits per heavy atom. The monoisotopic (exact) mass is 1250 g/mol. The average Bonchev–Trinajstić information content (AvgIpc) is 3.61. The average molecular weight is 1260 g/mol. The van der Waals surface area contributed by atoms with Gasteiger partial charge in [-0.2, -0.15) is 0 Å². The molecule has 0 fully saturated rings. The number of hydrogen-bond donors (Lipinski definition) is 3. The van der Waals surface area contributed by atoms with Gasteiger partial charge in [0.15, 0.2) is 12.2 Å². The summed E-state index contributed by atoms with van der Waals surface area (Å²) in [7, 11) is -9.89. The smallest absolute Gasteiger partial charge is 0.462 e. The summed E-state index contributed by atoms with van der Waals surface area (Å²) in [6.07, 6.45) is 36.6. The first-order valence-electron chi connectivity index (χ1n) is 34.2. The van der Waals surface area contributed by atoms with Crippen LogP contribution >= 0.6 is 15.6 Å². The van der Waals surface area contributed by atoms with Crippen LogP contribution in [0, 0.1) is 23.7 Å². The summed E-state index contributed by atoms with van der Waals surface area (Å²) >= 11 is 0. The second-order valence-corrected chi connectivity index (χ2v) is 28.4. The molecule has 0 heterocycles. The number of aliphatic hydroxyl groups is 1. The quantitative estimate of drug-likeness (QED) is 0.0222. The Balaban J connectivity index is 5.21. The van der Waals surface area contributed by atoms with E-state index in [0.29, 0.717) is 37.5 Å². The Bertz CT molecular complexity index is 1700. The van der Waals surface area contributed by atoms with Crippen LogP contribution in [0.3, 0.4) is 0 Å². The van der Waals surface area contributed by atoms with Gasteiger partial charge in [0.25, 0.3) is 0 Å². The first kappa shape index (κ1) is 83.1. The third kappa shape index (κ3) is 59.5. The lowest BCUT2D eigenvalue weighted by molar-refractivity contribution is -0.161. The van der Waals surface area contributed by atoms with Crippen LogP contribution in [0.1, 0.15) is 319 Å². The molecule has 3 unspecified atom stereocenters. The van der Waals surface area contributed by atoms with E-state index in [4.69, 9.17) is 37.0 Å². The van der Waals surface area contributed by atoms with Gasteiger partial charge in [-0.05, 0) is 49.4 Å². The van der Waals surface area contributed by atoms with Crippen LogP contribution in [0.25, 0.3) is 0 Å². The first-order chi connectivity index (χ1) is 40.6. The summed E-state index contributed by atoms with van der Waals surface area (Å²) in [4.78, 5) is 72.2. The lowest BCUT2D eigenvalue weighted by Crippen LogP contribution is -2.30. The molecule has 19 heteroatoms. The van der Waals surface area contributed by atoms with Gasteiger partial charge in [0, 0.05) is 25.7 Å². The summed E-state index contributed by atoms with van der Waals surface area (Å²) in [5.74, 6) is 0.733. The molecule has 17 nitrogen and oxygen atoms in total. The van der Waals surface area contributed by atoms with Crippen molar-refractivity contribution in [1.82, 2.24) is 0 Å². The van der Waals surface area contributed by atoms with Gasteiger partial charge in [-0.15, -0.1) is 0 Å². The fourth-order valence-corrected chi connectivity index (χ4v) is 11.3. The summed E-state index contributed by atoms with van der Waals surface area (Å²) in [6, 6.07) is 0. The van der Waals surface area contributed by atoms with E-state index in [2.05, 4.69) is 55.4 Å². The van der Waals surface area contributed by atoms with Crippen LogP contribution in [-0.2, 0) is 65.4 Å². The number of aliphatic hydroxyl groups excluding tert-OH is 1. The molecule has 0 rings (SSSR count). The van der Waals surface area contributed by atoms with Crippen LogP contribution in [0.15, 0.2) is 0 Å². The molecule has 504 valence electrons. The first-order valence-corrected chi connectivity index (χ1v) is 37.2. The van der Waals surface area contributed by atoms with E-state index in [1.54, 1.807) is 0 Å². The number of rotatable bonds is 63. The fourth-order valence-electron chi connectivity index (χ4n) is 9.75. The number of ether oxygens (including phenoxy) is 4. The summed E-state index contributed by atoms with van der Waals surface area (Å²) < 4.78 is 68.0. The highest BCUT2D eigenvalue weighted by atomic mass is 31.2. The molecule has 6 atom stereocenters. The van der Waals surface area contributed by atoms with Gasteiger partial charge in [-0.1, -0.05) is 267 Å². The molecule has 85 heavy (non-hydrogen) atoms. The third-order valence-electron chi connectivity index (χ3n) is 15.4. The zero-order valence-electron chi connectivity index (χ0n) is 55.2. The Hall–Kier alpha value is -1.94. The van der Waals surface area contributed by atoms with Gasteiger partial charge in [0.05, 0.1) is 26.4 Å². The van der Waals surface area contributed by atoms with Crippen molar-refractivity contribution in [3.63, 3.8) is 0 Å². The van der Waals surface area contributed by atoms with Crippen molar-refractivity contribution in [3.05, 3.63) is 0 Å². The van der Waals surface area contributed by atoms with Gasteiger partial charge in [0.2, 0.25) is 0 Å². The number of unbranched alkanes of at least 4 members (excludes halogenated alkanes) is 28. The van der Waals surface area contributed by atoms with Crippen molar-refractivity contribution in [3.8, 4) is 0 Å². The van der Waals surface area contributed by atoms with E-state index in [0.717, 1.165) is 115 Å². The molecular formula is C66H128O17P2. The molecule has 0 saturated heterocycles. The van der Waals surface area contributed by atoms with E-state index >= 15 is 0 Å². The Morgan fingerprint density at radius 1 is 0.329 bits per heavy atom. The third-order valence-corrected chi connectivity index (χ3v) is 17.3. The molecule has 3 N–H and O–H groups in total. The predicted molar refractivity (Wildman–Crippen MR) is 340 cm³/mol. The van der Waals surface area contributed by atoms with Gasteiger partial charge in [-0.25, -0.2) is 9.13 Å². The van der Waals surface area contributed by atoms with E-state index in [1.165, 1.54) is 109 Å². The minimum atomic E-state index is -4.95. The molecular weight excluding hydrogens is 1130 g/mol. The molecule has 0 bridgehead atoms. The lowest BCUT2D eigenvalue weighted by Gasteiger charge is -2.21. The van der Waals surface area contributed by atoms with Crippen LogP contribution in [-0.4, -0.2) is 96.7 Å². The molecule has 0 aromatic rings. The molecule has 0 aliphatic heterocycles. The number of carbonyl (C=O) groups excluding carboxylic acids is 4. The molecule has 0 saturated carbocycles. The van der Waals surface area contributed by atoms with Crippen molar-refractivity contribution in [2.45, 2.75) is 337 Å². The minimum absolute atomic E-state index is 0.100. The van der Waals surface area contributed by atoms with E-state index in [9.17, 15) is 43.2 Å². The van der Waals surface area contributed by atoms with Crippen molar-refractivity contribution in [1.29, 1.82) is 0 Å². The molecule has 0 amide bonds. The normalized spacial score (nSPS) is 14.7. The topological polar surface area (TPSA) is 237 Å². The van der Waals surface area contributed by atoms with Gasteiger partial charge in [-0.3, -0.25) is 37.3 Å². The number of hydrogen-bond acceptors (Lipinski definition) is 15. The number of esters is 4. The number of phosphoric ester groups is 2. The maximum absolute atomic E-state index is 13.0. The summed E-state index contributed by atoms with van der Waals surface area (Å²) in [5.41, 5.74) is 0. The highest BCUT2D eigenvalue weighted by Gasteiger charge is 2.30. The fraction of sp³-hybridized carbons (Fsp3) is 0.939. The van der Waals surface area contributed by atoms with Gasteiger partial charge >= 0.3 is 39.5 Å². The van der Waals surface area contributed by atoms with Crippen LogP contribution < -0.4 is 0 Å². The SMILES string of the molecule is CCC(C)CCCCCCCCC(=O)OC[C@H](COP(=O)(O)OC[C@H](O)COP(=O)(O)OC[C@@H](COC(=O)CCCCCCCCC(C)C)OC(=O)CCCCCCCCC(C)C)OC(=O)CCCCCCCCCCCCCCCCC(C)C. The maximum Gasteiger partial charge on any atom is 0.472 e. The van der Waals surface area contributed by atoms with Crippen molar-refractivity contribution in [2.75, 3.05) is 39.6 Å². The molecule has 0 aliphatic rings. The Morgan fingerprint density at radius 2 is 0.565 bits per heavy atom. The highest BCUT2D eigenvalue weighted by molar-refractivity contribution is 7.47. The second kappa shape index (κ2) is 56.1. The maximum atomic E-state index is 13.0. The standard InChI is InChI=1S/C66H128O17P2/c1-9-59(8)45-37-29-22-25-31-39-47-64(69)77-52-61(82-65(70)48-40-32-19-17-15-13-11-10-12-14-16-18-26-34-42-56(2)3)54-80-84(72,73)78-50-60(67)51-79-85(74,75)81-55-62(83-66(71)49-41-33-24-21-28-36-44-58(6)7)53-76-63(68)46-38-30-23-20-27-35-43-57(4)5/h56-62,67H,9-55H2,1-8H3,(H,72,73)(H,74,75)/t59?,60-,61+,62+/m0/s1. The van der Waals surface area contributed by atoms with Crippen molar-refractivity contribution in [2.24, 2.45) is 23.7 Å². The van der Waals surface area contributed by atoms with Crippen LogP contribution in [0.4, 0.5) is 0 Å².